The third-order valence-corrected chi connectivity index (χ3v) is 2.76. The van der Waals surface area contributed by atoms with E-state index in [1.54, 1.807) is 0 Å². The van der Waals surface area contributed by atoms with Crippen molar-refractivity contribution in [1.29, 1.82) is 0 Å². The molecule has 0 atom stereocenters. The third-order valence-electron chi connectivity index (χ3n) is 2.76. The molecule has 20 heavy (non-hydrogen) atoms. The molecule has 0 aliphatic carbocycles. The standard InChI is InChI=1S/C16H27NO3/c1-4-7-11-18-12-10-17-14-8-9-15(19-5-2)16(13-14)20-6-3/h8-9,13,17H,4-7,10-12H2,1-3H3. The third kappa shape index (κ3) is 6.15. The highest BCUT2D eigenvalue weighted by Crippen LogP contribution is 2.30. The first-order valence-corrected chi connectivity index (χ1v) is 7.53. The van der Waals surface area contributed by atoms with Gasteiger partial charge in [0.25, 0.3) is 0 Å². The molecule has 0 radical (unpaired) electrons. The van der Waals surface area contributed by atoms with Gasteiger partial charge < -0.3 is 19.5 Å². The lowest BCUT2D eigenvalue weighted by Crippen LogP contribution is -2.10. The summed E-state index contributed by atoms with van der Waals surface area (Å²) in [5, 5.41) is 3.33. The lowest BCUT2D eigenvalue weighted by molar-refractivity contribution is 0.141. The van der Waals surface area contributed by atoms with Gasteiger partial charge in [-0.25, -0.2) is 0 Å². The first-order valence-electron chi connectivity index (χ1n) is 7.53. The predicted molar refractivity (Wildman–Crippen MR) is 83.0 cm³/mol. The number of hydrogen-bond donors (Lipinski definition) is 1. The zero-order valence-corrected chi connectivity index (χ0v) is 12.9. The van der Waals surface area contributed by atoms with Crippen molar-refractivity contribution < 1.29 is 14.2 Å². The number of benzene rings is 1. The topological polar surface area (TPSA) is 39.7 Å². The zero-order chi connectivity index (χ0) is 14.6. The summed E-state index contributed by atoms with van der Waals surface area (Å²) in [5.41, 5.74) is 1.02. The van der Waals surface area contributed by atoms with Crippen LogP contribution < -0.4 is 14.8 Å². The van der Waals surface area contributed by atoms with E-state index in [4.69, 9.17) is 14.2 Å². The first kappa shape index (κ1) is 16.6. The molecule has 0 fully saturated rings. The fourth-order valence-electron chi connectivity index (χ4n) is 1.78. The molecule has 0 aliphatic rings. The van der Waals surface area contributed by atoms with Crippen molar-refractivity contribution in [2.24, 2.45) is 0 Å². The summed E-state index contributed by atoms with van der Waals surface area (Å²) in [6.07, 6.45) is 2.29. The highest BCUT2D eigenvalue weighted by atomic mass is 16.5. The minimum Gasteiger partial charge on any atom is -0.490 e. The van der Waals surface area contributed by atoms with Crippen LogP contribution in [0.3, 0.4) is 0 Å². The molecule has 4 nitrogen and oxygen atoms in total. The molecule has 0 saturated carbocycles. The number of unbranched alkanes of at least 4 members (excludes halogenated alkanes) is 1. The van der Waals surface area contributed by atoms with Crippen LogP contribution in [0.1, 0.15) is 33.6 Å². The Labute approximate surface area is 122 Å². The summed E-state index contributed by atoms with van der Waals surface area (Å²) in [4.78, 5) is 0. The monoisotopic (exact) mass is 281 g/mol. The van der Waals surface area contributed by atoms with Crippen LogP contribution in [0.25, 0.3) is 0 Å². The maximum atomic E-state index is 5.59. The molecule has 0 bridgehead atoms. The predicted octanol–water partition coefficient (Wildman–Crippen LogP) is 3.71. The molecule has 0 amide bonds. The Kier molecular flexibility index (Phi) is 8.63. The lowest BCUT2D eigenvalue weighted by atomic mass is 10.2. The van der Waals surface area contributed by atoms with Crippen molar-refractivity contribution >= 4 is 5.69 Å². The molecule has 0 heterocycles. The molecule has 0 aromatic heterocycles. The van der Waals surface area contributed by atoms with Crippen molar-refractivity contribution in [1.82, 2.24) is 0 Å². The van der Waals surface area contributed by atoms with Gasteiger partial charge >= 0.3 is 0 Å². The van der Waals surface area contributed by atoms with Crippen molar-refractivity contribution in [2.45, 2.75) is 33.6 Å². The molecule has 1 aromatic carbocycles. The maximum absolute atomic E-state index is 5.59. The lowest BCUT2D eigenvalue weighted by Gasteiger charge is -2.13. The van der Waals surface area contributed by atoms with Gasteiger partial charge in [-0.3, -0.25) is 0 Å². The van der Waals surface area contributed by atoms with E-state index in [1.165, 1.54) is 6.42 Å². The molecular weight excluding hydrogens is 254 g/mol. The van der Waals surface area contributed by atoms with E-state index in [1.807, 2.05) is 32.0 Å². The Hall–Kier alpha value is -1.42. The Balaban J connectivity index is 2.43. The van der Waals surface area contributed by atoms with Gasteiger partial charge in [0.1, 0.15) is 0 Å². The second kappa shape index (κ2) is 10.4. The molecule has 1 rings (SSSR count). The molecule has 0 unspecified atom stereocenters. The van der Waals surface area contributed by atoms with Gasteiger partial charge in [0.05, 0.1) is 19.8 Å². The Morgan fingerprint density at radius 1 is 0.950 bits per heavy atom. The van der Waals surface area contributed by atoms with Crippen LogP contribution >= 0.6 is 0 Å². The van der Waals surface area contributed by atoms with Gasteiger partial charge in [0.15, 0.2) is 11.5 Å². The Morgan fingerprint density at radius 2 is 1.70 bits per heavy atom. The van der Waals surface area contributed by atoms with Crippen molar-refractivity contribution in [3.05, 3.63) is 18.2 Å². The largest absolute Gasteiger partial charge is 0.490 e. The minimum atomic E-state index is 0.629. The summed E-state index contributed by atoms with van der Waals surface area (Å²) in [5.74, 6) is 1.57. The quantitative estimate of drug-likeness (QED) is 0.628. The normalized spacial score (nSPS) is 10.3. The SMILES string of the molecule is CCCCOCCNc1ccc(OCC)c(OCC)c1. The van der Waals surface area contributed by atoms with E-state index in [0.29, 0.717) is 13.2 Å². The smallest absolute Gasteiger partial charge is 0.163 e. The molecule has 4 heteroatoms. The second-order valence-electron chi connectivity index (χ2n) is 4.42. The number of anilines is 1. The summed E-state index contributed by atoms with van der Waals surface area (Å²) in [6.45, 7) is 9.72. The van der Waals surface area contributed by atoms with Crippen molar-refractivity contribution in [3.63, 3.8) is 0 Å². The molecule has 1 aromatic rings. The fourth-order valence-corrected chi connectivity index (χ4v) is 1.78. The minimum absolute atomic E-state index is 0.629. The fraction of sp³-hybridized carbons (Fsp3) is 0.625. The summed E-state index contributed by atoms with van der Waals surface area (Å²) in [6, 6.07) is 5.91. The number of hydrogen-bond acceptors (Lipinski definition) is 4. The van der Waals surface area contributed by atoms with E-state index in [2.05, 4.69) is 12.2 Å². The van der Waals surface area contributed by atoms with Gasteiger partial charge in [-0.1, -0.05) is 13.3 Å². The van der Waals surface area contributed by atoms with Gasteiger partial charge in [-0.2, -0.15) is 0 Å². The summed E-state index contributed by atoms with van der Waals surface area (Å²) in [7, 11) is 0. The number of rotatable bonds is 11. The Morgan fingerprint density at radius 3 is 2.40 bits per heavy atom. The van der Waals surface area contributed by atoms with Crippen LogP contribution in [0.2, 0.25) is 0 Å². The van der Waals surface area contributed by atoms with Crippen molar-refractivity contribution in [3.8, 4) is 11.5 Å². The summed E-state index contributed by atoms with van der Waals surface area (Å²) < 4.78 is 16.6. The number of ether oxygens (including phenoxy) is 3. The summed E-state index contributed by atoms with van der Waals surface area (Å²) >= 11 is 0. The van der Waals surface area contributed by atoms with E-state index in [-0.39, 0.29) is 0 Å². The first-order chi connectivity index (χ1) is 9.81. The van der Waals surface area contributed by atoms with Crippen LogP contribution in [0.15, 0.2) is 18.2 Å². The van der Waals surface area contributed by atoms with Gasteiger partial charge in [-0.15, -0.1) is 0 Å². The van der Waals surface area contributed by atoms with Gasteiger partial charge in [-0.05, 0) is 32.4 Å². The molecule has 0 aliphatic heterocycles. The molecule has 0 saturated heterocycles. The van der Waals surface area contributed by atoms with Gasteiger partial charge in [0.2, 0.25) is 0 Å². The average Bonchev–Trinajstić information content (AvgIpc) is 2.46. The van der Waals surface area contributed by atoms with Gasteiger partial charge in [0, 0.05) is 24.9 Å². The average molecular weight is 281 g/mol. The van der Waals surface area contributed by atoms with E-state index < -0.39 is 0 Å². The highest BCUT2D eigenvalue weighted by Gasteiger charge is 2.05. The van der Waals surface area contributed by atoms with Crippen LogP contribution in [-0.2, 0) is 4.74 Å². The second-order valence-corrected chi connectivity index (χ2v) is 4.42. The van der Waals surface area contributed by atoms with Crippen molar-refractivity contribution in [2.75, 3.05) is 38.3 Å². The van der Waals surface area contributed by atoms with Crippen LogP contribution in [-0.4, -0.2) is 33.0 Å². The van der Waals surface area contributed by atoms with E-state index >= 15 is 0 Å². The maximum Gasteiger partial charge on any atom is 0.163 e. The van der Waals surface area contributed by atoms with Crippen LogP contribution in [0, 0.1) is 0 Å². The molecule has 0 spiro atoms. The van der Waals surface area contributed by atoms with Crippen LogP contribution in [0.5, 0.6) is 11.5 Å². The Bertz CT molecular complexity index is 369. The van der Waals surface area contributed by atoms with E-state index in [0.717, 1.165) is 43.4 Å². The molecular formula is C16H27NO3. The van der Waals surface area contributed by atoms with E-state index in [9.17, 15) is 0 Å². The molecule has 1 N–H and O–H groups in total. The van der Waals surface area contributed by atoms with Crippen LogP contribution in [0.4, 0.5) is 5.69 Å². The molecule has 114 valence electrons. The zero-order valence-electron chi connectivity index (χ0n) is 12.9. The highest BCUT2D eigenvalue weighted by molar-refractivity contribution is 5.54. The number of nitrogens with one attached hydrogen (secondary N) is 1.